The van der Waals surface area contributed by atoms with Gasteiger partial charge in [0.25, 0.3) is 11.8 Å². The van der Waals surface area contributed by atoms with Crippen LogP contribution in [0.1, 0.15) is 42.5 Å². The van der Waals surface area contributed by atoms with Crippen LogP contribution >= 0.6 is 11.6 Å². The zero-order valence-electron chi connectivity index (χ0n) is 16.7. The number of carbonyl (C=O) groups is 4. The minimum atomic E-state index is -0.820. The molecule has 0 bridgehead atoms. The number of piperazine rings is 1. The van der Waals surface area contributed by atoms with Crippen molar-refractivity contribution in [2.24, 2.45) is 0 Å². The summed E-state index contributed by atoms with van der Waals surface area (Å²) in [5.74, 6) is -0.658. The highest BCUT2D eigenvalue weighted by molar-refractivity contribution is 6.30. The molecule has 1 aromatic rings. The fraction of sp³-hybridized carbons (Fsp3) is 0.524. The molecule has 1 N–H and O–H groups in total. The molecule has 0 radical (unpaired) electrons. The van der Waals surface area contributed by atoms with E-state index in [2.05, 4.69) is 5.32 Å². The van der Waals surface area contributed by atoms with E-state index < -0.39 is 11.6 Å². The van der Waals surface area contributed by atoms with Gasteiger partial charge >= 0.3 is 6.03 Å². The zero-order chi connectivity index (χ0) is 21.3. The second kappa shape index (κ2) is 8.26. The highest BCUT2D eigenvalue weighted by Crippen LogP contribution is 2.33. The van der Waals surface area contributed by atoms with Gasteiger partial charge in [-0.25, -0.2) is 4.79 Å². The van der Waals surface area contributed by atoms with Gasteiger partial charge in [0, 0.05) is 36.8 Å². The summed E-state index contributed by atoms with van der Waals surface area (Å²) in [6.07, 6.45) is 4.12. The maximum atomic E-state index is 12.8. The SMILES string of the molecule is O=C(CN1C(=O)NC2(CCCCC2)C1=O)N1CCN(C(=O)c2ccc(Cl)cc2)CC1. The predicted octanol–water partition coefficient (Wildman–Crippen LogP) is 1.88. The lowest BCUT2D eigenvalue weighted by Gasteiger charge is -2.35. The maximum absolute atomic E-state index is 12.8. The van der Waals surface area contributed by atoms with Crippen LogP contribution in [0.4, 0.5) is 4.79 Å². The molecule has 2 heterocycles. The van der Waals surface area contributed by atoms with E-state index in [4.69, 9.17) is 11.6 Å². The fourth-order valence-corrected chi connectivity index (χ4v) is 4.61. The summed E-state index contributed by atoms with van der Waals surface area (Å²) in [4.78, 5) is 54.9. The number of imide groups is 1. The number of urea groups is 1. The van der Waals surface area contributed by atoms with Crippen molar-refractivity contribution in [1.29, 1.82) is 0 Å². The first-order valence-electron chi connectivity index (χ1n) is 10.4. The van der Waals surface area contributed by atoms with Crippen LogP contribution in [0.25, 0.3) is 0 Å². The molecule has 30 heavy (non-hydrogen) atoms. The van der Waals surface area contributed by atoms with Gasteiger partial charge < -0.3 is 15.1 Å². The van der Waals surface area contributed by atoms with Gasteiger partial charge in [-0.1, -0.05) is 30.9 Å². The van der Waals surface area contributed by atoms with E-state index >= 15 is 0 Å². The lowest BCUT2D eigenvalue weighted by Crippen LogP contribution is -2.53. The van der Waals surface area contributed by atoms with Crippen LogP contribution in [-0.2, 0) is 9.59 Å². The van der Waals surface area contributed by atoms with E-state index in [1.807, 2.05) is 0 Å². The second-order valence-corrected chi connectivity index (χ2v) is 8.58. The number of hydrogen-bond acceptors (Lipinski definition) is 4. The summed E-state index contributed by atoms with van der Waals surface area (Å²) in [6, 6.07) is 6.23. The lowest BCUT2D eigenvalue weighted by atomic mass is 9.82. The molecule has 1 aromatic carbocycles. The fourth-order valence-electron chi connectivity index (χ4n) is 4.48. The molecule has 8 nitrogen and oxygen atoms in total. The Morgan fingerprint density at radius 1 is 0.933 bits per heavy atom. The predicted molar refractivity (Wildman–Crippen MR) is 110 cm³/mol. The highest BCUT2D eigenvalue weighted by atomic mass is 35.5. The molecule has 1 aliphatic carbocycles. The van der Waals surface area contributed by atoms with E-state index in [-0.39, 0.29) is 24.3 Å². The lowest BCUT2D eigenvalue weighted by molar-refractivity contribution is -0.140. The van der Waals surface area contributed by atoms with Crippen molar-refractivity contribution in [2.45, 2.75) is 37.6 Å². The van der Waals surface area contributed by atoms with Crippen molar-refractivity contribution in [2.75, 3.05) is 32.7 Å². The Labute approximate surface area is 180 Å². The number of rotatable bonds is 3. The first-order valence-corrected chi connectivity index (χ1v) is 10.7. The second-order valence-electron chi connectivity index (χ2n) is 8.14. The third-order valence-electron chi connectivity index (χ3n) is 6.26. The first kappa shape index (κ1) is 20.7. The van der Waals surface area contributed by atoms with Gasteiger partial charge in [0.1, 0.15) is 12.1 Å². The Morgan fingerprint density at radius 2 is 1.53 bits per heavy atom. The van der Waals surface area contributed by atoms with E-state index in [1.165, 1.54) is 0 Å². The van der Waals surface area contributed by atoms with Crippen LogP contribution in [0.3, 0.4) is 0 Å². The summed E-state index contributed by atoms with van der Waals surface area (Å²) >= 11 is 5.87. The van der Waals surface area contributed by atoms with Gasteiger partial charge in [-0.3, -0.25) is 19.3 Å². The molecule has 3 aliphatic rings. The Bertz CT molecular complexity index is 858. The van der Waals surface area contributed by atoms with Gasteiger partial charge in [-0.15, -0.1) is 0 Å². The zero-order valence-corrected chi connectivity index (χ0v) is 17.5. The van der Waals surface area contributed by atoms with E-state index in [0.29, 0.717) is 49.6 Å². The Kier molecular flexibility index (Phi) is 5.69. The molecule has 1 saturated carbocycles. The number of benzene rings is 1. The van der Waals surface area contributed by atoms with Crippen LogP contribution in [0.15, 0.2) is 24.3 Å². The number of halogens is 1. The summed E-state index contributed by atoms with van der Waals surface area (Å²) in [5, 5.41) is 3.39. The van der Waals surface area contributed by atoms with Crippen LogP contribution in [0.2, 0.25) is 5.02 Å². The monoisotopic (exact) mass is 432 g/mol. The standard InChI is InChI=1S/C21H25ClN4O4/c22-16-6-4-15(5-7-16)18(28)25-12-10-24(11-13-25)17(27)14-26-19(29)21(23-20(26)30)8-2-1-3-9-21/h4-7H,1-3,8-14H2,(H,23,30). The van der Waals surface area contributed by atoms with Crippen molar-refractivity contribution in [1.82, 2.24) is 20.0 Å². The van der Waals surface area contributed by atoms with Crippen LogP contribution in [-0.4, -0.2) is 76.7 Å². The minimum Gasteiger partial charge on any atom is -0.338 e. The number of nitrogens with one attached hydrogen (secondary N) is 1. The molecule has 2 saturated heterocycles. The van der Waals surface area contributed by atoms with Crippen molar-refractivity contribution < 1.29 is 19.2 Å². The van der Waals surface area contributed by atoms with Gasteiger partial charge in [-0.05, 0) is 37.1 Å². The van der Waals surface area contributed by atoms with Crippen LogP contribution in [0.5, 0.6) is 0 Å². The Hall–Kier alpha value is -2.61. The minimum absolute atomic E-state index is 0.105. The molecular formula is C21H25ClN4O4. The molecule has 9 heteroatoms. The van der Waals surface area contributed by atoms with Crippen molar-refractivity contribution in [3.8, 4) is 0 Å². The molecule has 2 aliphatic heterocycles. The molecule has 3 fully saturated rings. The largest absolute Gasteiger partial charge is 0.338 e. The van der Waals surface area contributed by atoms with Gasteiger partial charge in [0.15, 0.2) is 0 Å². The first-order chi connectivity index (χ1) is 14.4. The number of carbonyl (C=O) groups excluding carboxylic acids is 4. The van der Waals surface area contributed by atoms with E-state index in [9.17, 15) is 19.2 Å². The van der Waals surface area contributed by atoms with Crippen LogP contribution in [0, 0.1) is 0 Å². The summed E-state index contributed by atoms with van der Waals surface area (Å²) in [7, 11) is 0. The van der Waals surface area contributed by atoms with Gasteiger partial charge in [-0.2, -0.15) is 0 Å². The summed E-state index contributed by atoms with van der Waals surface area (Å²) in [5.41, 5.74) is -0.268. The van der Waals surface area contributed by atoms with Crippen molar-refractivity contribution >= 4 is 35.4 Å². The molecule has 1 spiro atoms. The summed E-state index contributed by atoms with van der Waals surface area (Å²) in [6.45, 7) is 1.28. The molecule has 5 amide bonds. The molecule has 0 atom stereocenters. The van der Waals surface area contributed by atoms with Crippen molar-refractivity contribution in [3.05, 3.63) is 34.9 Å². The number of nitrogens with zero attached hydrogens (tertiary/aromatic N) is 3. The van der Waals surface area contributed by atoms with E-state index in [0.717, 1.165) is 24.2 Å². The molecular weight excluding hydrogens is 408 g/mol. The topological polar surface area (TPSA) is 90.0 Å². The third-order valence-corrected chi connectivity index (χ3v) is 6.51. The smallest absolute Gasteiger partial charge is 0.325 e. The normalized spacial score (nSPS) is 21.2. The summed E-state index contributed by atoms with van der Waals surface area (Å²) < 4.78 is 0. The Morgan fingerprint density at radius 3 is 2.17 bits per heavy atom. The molecule has 4 rings (SSSR count). The Balaban J connectivity index is 1.32. The average molecular weight is 433 g/mol. The molecule has 0 unspecified atom stereocenters. The van der Waals surface area contributed by atoms with Gasteiger partial charge in [0.05, 0.1) is 0 Å². The number of amides is 5. The van der Waals surface area contributed by atoms with E-state index in [1.54, 1.807) is 34.1 Å². The quantitative estimate of drug-likeness (QED) is 0.738. The van der Waals surface area contributed by atoms with Crippen molar-refractivity contribution in [3.63, 3.8) is 0 Å². The molecule has 160 valence electrons. The van der Waals surface area contributed by atoms with Gasteiger partial charge in [0.2, 0.25) is 5.91 Å². The highest BCUT2D eigenvalue weighted by Gasteiger charge is 2.51. The maximum Gasteiger partial charge on any atom is 0.325 e. The third kappa shape index (κ3) is 3.88. The van der Waals surface area contributed by atoms with Crippen LogP contribution < -0.4 is 5.32 Å². The molecule has 0 aromatic heterocycles. The average Bonchev–Trinajstić information content (AvgIpc) is 2.98. The number of hydrogen-bond donors (Lipinski definition) is 1.